The summed E-state index contributed by atoms with van der Waals surface area (Å²) in [6, 6.07) is 7.66. The van der Waals surface area contributed by atoms with E-state index >= 15 is 0 Å². The number of rotatable bonds is 5. The highest BCUT2D eigenvalue weighted by Gasteiger charge is 2.29. The molecule has 26 heavy (non-hydrogen) atoms. The maximum absolute atomic E-state index is 13.0. The van der Waals surface area contributed by atoms with E-state index in [1.54, 1.807) is 12.1 Å². The summed E-state index contributed by atoms with van der Waals surface area (Å²) >= 11 is 3.14. The van der Waals surface area contributed by atoms with Crippen LogP contribution in [0.1, 0.15) is 29.8 Å². The Bertz CT molecular complexity index is 904. The van der Waals surface area contributed by atoms with Crippen LogP contribution in [0.4, 0.5) is 5.69 Å². The largest absolute Gasteiger partial charge is 0.495 e. The Morgan fingerprint density at radius 1 is 1.19 bits per heavy atom. The lowest BCUT2D eigenvalue weighted by atomic mass is 10.2. The summed E-state index contributed by atoms with van der Waals surface area (Å²) in [4.78, 5) is 12.3. The van der Waals surface area contributed by atoms with Crippen LogP contribution in [0.2, 0.25) is 0 Å². The van der Waals surface area contributed by atoms with Gasteiger partial charge in [-0.3, -0.25) is 4.79 Å². The fourth-order valence-corrected chi connectivity index (χ4v) is 4.83. The van der Waals surface area contributed by atoms with E-state index in [-0.39, 0.29) is 16.4 Å². The summed E-state index contributed by atoms with van der Waals surface area (Å²) in [5, 5.41) is 2.65. The number of piperidine rings is 1. The second-order valence-corrected chi connectivity index (χ2v) is 8.58. The fraction of sp³-hybridized carbons (Fsp3) is 0.353. The van der Waals surface area contributed by atoms with Crippen LogP contribution in [0.25, 0.3) is 0 Å². The van der Waals surface area contributed by atoms with E-state index in [0.717, 1.165) is 19.3 Å². The number of nitrogens with zero attached hydrogens (tertiary/aromatic N) is 1. The van der Waals surface area contributed by atoms with Gasteiger partial charge in [0.15, 0.2) is 10.4 Å². The number of carbonyl (C=O) groups is 1. The first kappa shape index (κ1) is 18.9. The van der Waals surface area contributed by atoms with Gasteiger partial charge < -0.3 is 14.5 Å². The van der Waals surface area contributed by atoms with Gasteiger partial charge >= 0.3 is 0 Å². The van der Waals surface area contributed by atoms with Crippen molar-refractivity contribution in [3.63, 3.8) is 0 Å². The summed E-state index contributed by atoms with van der Waals surface area (Å²) in [6.45, 7) is 0.977. The van der Waals surface area contributed by atoms with Crippen molar-refractivity contribution < 1.29 is 22.4 Å². The lowest BCUT2D eigenvalue weighted by Gasteiger charge is -2.26. The number of furan rings is 1. The zero-order valence-electron chi connectivity index (χ0n) is 14.2. The predicted octanol–water partition coefficient (Wildman–Crippen LogP) is 3.48. The fourth-order valence-electron chi connectivity index (χ4n) is 2.83. The van der Waals surface area contributed by atoms with Gasteiger partial charge in [0.05, 0.1) is 7.11 Å². The Balaban J connectivity index is 1.90. The number of carbonyl (C=O) groups excluding carboxylic acids is 1. The standard InChI is InChI=1S/C17H19BrN2O5S/c1-24-13-6-5-12(19-17(21)14-7-8-16(18)25-14)11-15(13)26(22,23)20-9-3-2-4-10-20/h5-8,11H,2-4,9-10H2,1H3,(H,19,21). The number of nitrogens with one attached hydrogen (secondary N) is 1. The molecule has 3 rings (SSSR count). The molecule has 1 amide bonds. The summed E-state index contributed by atoms with van der Waals surface area (Å²) in [7, 11) is -2.28. The van der Waals surface area contributed by atoms with Gasteiger partial charge in [0, 0.05) is 18.8 Å². The Morgan fingerprint density at radius 2 is 1.92 bits per heavy atom. The van der Waals surface area contributed by atoms with Crippen molar-refractivity contribution in [2.24, 2.45) is 0 Å². The highest BCUT2D eigenvalue weighted by Crippen LogP contribution is 2.31. The van der Waals surface area contributed by atoms with E-state index in [0.29, 0.717) is 23.4 Å². The van der Waals surface area contributed by atoms with Crippen molar-refractivity contribution in [2.45, 2.75) is 24.2 Å². The molecule has 1 saturated heterocycles. The zero-order valence-corrected chi connectivity index (χ0v) is 16.6. The second kappa shape index (κ2) is 7.81. The SMILES string of the molecule is COc1ccc(NC(=O)c2ccc(Br)o2)cc1S(=O)(=O)N1CCCCC1. The number of methoxy groups -OCH3 is 1. The third-order valence-electron chi connectivity index (χ3n) is 4.15. The van der Waals surface area contributed by atoms with Crippen molar-refractivity contribution in [3.8, 4) is 5.75 Å². The van der Waals surface area contributed by atoms with E-state index in [4.69, 9.17) is 9.15 Å². The smallest absolute Gasteiger partial charge is 0.291 e. The van der Waals surface area contributed by atoms with Crippen LogP contribution in [0.5, 0.6) is 5.75 Å². The number of hydrogen-bond donors (Lipinski definition) is 1. The number of anilines is 1. The van der Waals surface area contributed by atoms with Crippen LogP contribution in [0.15, 0.2) is 44.3 Å². The Labute approximate surface area is 160 Å². The Morgan fingerprint density at radius 3 is 2.54 bits per heavy atom. The van der Waals surface area contributed by atoms with E-state index < -0.39 is 15.9 Å². The first-order valence-electron chi connectivity index (χ1n) is 8.16. The second-order valence-electron chi connectivity index (χ2n) is 5.89. The molecular weight excluding hydrogens is 424 g/mol. The molecule has 0 unspecified atom stereocenters. The van der Waals surface area contributed by atoms with Gasteiger partial charge in [-0.05, 0) is 59.1 Å². The van der Waals surface area contributed by atoms with Gasteiger partial charge in [0.1, 0.15) is 10.6 Å². The average molecular weight is 443 g/mol. The molecule has 0 radical (unpaired) electrons. The number of hydrogen-bond acceptors (Lipinski definition) is 5. The molecule has 9 heteroatoms. The predicted molar refractivity (Wildman–Crippen MR) is 100.0 cm³/mol. The molecule has 2 heterocycles. The highest BCUT2D eigenvalue weighted by atomic mass is 79.9. The first-order chi connectivity index (χ1) is 12.4. The lowest BCUT2D eigenvalue weighted by molar-refractivity contribution is 0.0995. The van der Waals surface area contributed by atoms with Gasteiger partial charge in [-0.25, -0.2) is 8.42 Å². The molecule has 0 atom stereocenters. The van der Waals surface area contributed by atoms with Crippen molar-refractivity contribution in [3.05, 3.63) is 40.8 Å². The normalized spacial score (nSPS) is 15.6. The molecule has 1 aromatic heterocycles. The number of sulfonamides is 1. The minimum Gasteiger partial charge on any atom is -0.495 e. The molecule has 1 aliphatic rings. The topological polar surface area (TPSA) is 88.8 Å². The van der Waals surface area contributed by atoms with Gasteiger partial charge in [-0.1, -0.05) is 6.42 Å². The van der Waals surface area contributed by atoms with Crippen molar-refractivity contribution >= 4 is 37.5 Å². The number of ether oxygens (including phenoxy) is 1. The van der Waals surface area contributed by atoms with E-state index in [1.807, 2.05) is 0 Å². The number of amides is 1. The summed E-state index contributed by atoms with van der Waals surface area (Å²) < 4.78 is 38.3. The van der Waals surface area contributed by atoms with Crippen molar-refractivity contribution in [1.29, 1.82) is 0 Å². The van der Waals surface area contributed by atoms with E-state index in [1.165, 1.54) is 29.6 Å². The molecule has 0 aliphatic carbocycles. The van der Waals surface area contributed by atoms with Gasteiger partial charge in [-0.15, -0.1) is 0 Å². The monoisotopic (exact) mass is 442 g/mol. The summed E-state index contributed by atoms with van der Waals surface area (Å²) in [5.74, 6) is -0.107. The van der Waals surface area contributed by atoms with Crippen LogP contribution < -0.4 is 10.1 Å². The van der Waals surface area contributed by atoms with Gasteiger partial charge in [0.2, 0.25) is 10.0 Å². The molecule has 0 spiro atoms. The minimum absolute atomic E-state index is 0.0420. The quantitative estimate of drug-likeness (QED) is 0.765. The Hall–Kier alpha value is -1.84. The number of halogens is 1. The van der Waals surface area contributed by atoms with Gasteiger partial charge in [-0.2, -0.15) is 4.31 Å². The van der Waals surface area contributed by atoms with E-state index in [2.05, 4.69) is 21.2 Å². The zero-order chi connectivity index (χ0) is 18.7. The van der Waals surface area contributed by atoms with Gasteiger partial charge in [0.25, 0.3) is 5.91 Å². The third kappa shape index (κ3) is 3.94. The molecule has 0 bridgehead atoms. The molecule has 1 fully saturated rings. The molecule has 0 saturated carbocycles. The highest BCUT2D eigenvalue weighted by molar-refractivity contribution is 9.10. The summed E-state index contributed by atoms with van der Waals surface area (Å²) in [5.41, 5.74) is 0.346. The van der Waals surface area contributed by atoms with Crippen LogP contribution in [0.3, 0.4) is 0 Å². The molecule has 1 aromatic carbocycles. The summed E-state index contributed by atoms with van der Waals surface area (Å²) in [6.07, 6.45) is 2.70. The van der Waals surface area contributed by atoms with Crippen molar-refractivity contribution in [1.82, 2.24) is 4.31 Å². The minimum atomic E-state index is -3.70. The molecule has 1 N–H and O–H groups in total. The molecule has 7 nitrogen and oxygen atoms in total. The lowest BCUT2D eigenvalue weighted by Crippen LogP contribution is -2.35. The molecule has 140 valence electrons. The molecular formula is C17H19BrN2O5S. The van der Waals surface area contributed by atoms with Crippen LogP contribution >= 0.6 is 15.9 Å². The number of benzene rings is 1. The Kier molecular flexibility index (Phi) is 5.69. The molecule has 1 aliphatic heterocycles. The first-order valence-corrected chi connectivity index (χ1v) is 10.4. The van der Waals surface area contributed by atoms with Crippen LogP contribution in [-0.4, -0.2) is 38.8 Å². The maximum atomic E-state index is 13.0. The van der Waals surface area contributed by atoms with E-state index in [9.17, 15) is 13.2 Å². The third-order valence-corrected chi connectivity index (χ3v) is 6.50. The molecule has 2 aromatic rings. The van der Waals surface area contributed by atoms with Crippen molar-refractivity contribution in [2.75, 3.05) is 25.5 Å². The maximum Gasteiger partial charge on any atom is 0.291 e. The van der Waals surface area contributed by atoms with Crippen LogP contribution in [-0.2, 0) is 10.0 Å². The average Bonchev–Trinajstić information content (AvgIpc) is 3.09. The van der Waals surface area contributed by atoms with Crippen LogP contribution in [0, 0.1) is 0 Å².